The zero-order valence-corrected chi connectivity index (χ0v) is 14.0. The maximum atomic E-state index is 12.0. The molecule has 3 heterocycles. The number of hydrogen-bond acceptors (Lipinski definition) is 6. The summed E-state index contributed by atoms with van der Waals surface area (Å²) in [6.07, 6.45) is 0. The Morgan fingerprint density at radius 3 is 2.72 bits per heavy atom. The minimum atomic E-state index is -0.444. The molecule has 0 amide bonds. The third-order valence-corrected chi connectivity index (χ3v) is 5.09. The molecule has 4 rings (SSSR count). The quantitative estimate of drug-likeness (QED) is 0.531. The molecule has 126 valence electrons. The number of anilines is 1. The molecule has 0 saturated carbocycles. The number of thiazole rings is 1. The summed E-state index contributed by atoms with van der Waals surface area (Å²) >= 11 is 1.54. The Kier molecular flexibility index (Phi) is 3.81. The lowest BCUT2D eigenvalue weighted by atomic mass is 10.2. The number of pyridine rings is 1. The molecule has 0 bridgehead atoms. The first-order chi connectivity index (χ1) is 12.1. The molecule has 8 heteroatoms. The summed E-state index contributed by atoms with van der Waals surface area (Å²) in [5.74, 6) is 0.367. The molecule has 25 heavy (non-hydrogen) atoms. The van der Waals surface area contributed by atoms with Gasteiger partial charge in [-0.1, -0.05) is 30.3 Å². The molecule has 0 radical (unpaired) electrons. The average Bonchev–Trinajstić information content (AvgIpc) is 3.24. The molecular weight excluding hydrogens is 340 g/mol. The van der Waals surface area contributed by atoms with E-state index in [0.717, 1.165) is 16.3 Å². The van der Waals surface area contributed by atoms with Crippen molar-refractivity contribution in [3.05, 3.63) is 74.0 Å². The first-order valence-electron chi connectivity index (χ1n) is 7.76. The van der Waals surface area contributed by atoms with Gasteiger partial charge in [0.25, 0.3) is 5.56 Å². The van der Waals surface area contributed by atoms with Gasteiger partial charge in [-0.15, -0.1) is 11.3 Å². The molecule has 2 aromatic heterocycles. The molecule has 0 unspecified atom stereocenters. The van der Waals surface area contributed by atoms with Crippen molar-refractivity contribution in [2.24, 2.45) is 0 Å². The second-order valence-corrected chi connectivity index (χ2v) is 6.58. The molecular formula is C17H14N4O3S. The highest BCUT2D eigenvalue weighted by Gasteiger charge is 2.29. The maximum absolute atomic E-state index is 12.0. The van der Waals surface area contributed by atoms with Crippen LogP contribution in [-0.2, 0) is 13.1 Å². The first kappa shape index (κ1) is 15.5. The van der Waals surface area contributed by atoms with E-state index in [-0.39, 0.29) is 11.2 Å². The Morgan fingerprint density at radius 1 is 1.16 bits per heavy atom. The molecule has 0 fully saturated rings. The summed E-state index contributed by atoms with van der Waals surface area (Å²) in [4.78, 5) is 29.3. The molecule has 0 N–H and O–H groups in total. The van der Waals surface area contributed by atoms with E-state index in [1.807, 2.05) is 40.6 Å². The topological polar surface area (TPSA) is 81.3 Å². The maximum Gasteiger partial charge on any atom is 0.310 e. The Labute approximate surface area is 146 Å². The fourth-order valence-corrected chi connectivity index (χ4v) is 3.83. The molecule has 7 nitrogen and oxygen atoms in total. The van der Waals surface area contributed by atoms with Gasteiger partial charge >= 0.3 is 5.69 Å². The highest BCUT2D eigenvalue weighted by Crippen LogP contribution is 2.32. The van der Waals surface area contributed by atoms with Crippen LogP contribution >= 0.6 is 11.3 Å². The number of benzene rings is 1. The molecule has 0 atom stereocenters. The van der Waals surface area contributed by atoms with Crippen molar-refractivity contribution in [2.45, 2.75) is 13.1 Å². The van der Waals surface area contributed by atoms with Crippen LogP contribution in [0.3, 0.4) is 0 Å². The fourth-order valence-electron chi connectivity index (χ4n) is 3.02. The van der Waals surface area contributed by atoms with Crippen LogP contribution in [0.1, 0.15) is 5.69 Å². The van der Waals surface area contributed by atoms with Gasteiger partial charge in [0.05, 0.1) is 17.2 Å². The highest BCUT2D eigenvalue weighted by atomic mass is 32.1. The van der Waals surface area contributed by atoms with E-state index in [2.05, 4.69) is 4.98 Å². The van der Waals surface area contributed by atoms with E-state index in [1.165, 1.54) is 16.7 Å². The third kappa shape index (κ3) is 2.80. The van der Waals surface area contributed by atoms with Crippen molar-refractivity contribution in [1.82, 2.24) is 9.55 Å². The van der Waals surface area contributed by atoms with Gasteiger partial charge in [0.15, 0.2) is 5.82 Å². The summed E-state index contributed by atoms with van der Waals surface area (Å²) in [7, 11) is 0. The SMILES string of the molecule is O=c1ccc([N+](=O)[O-])c2n1CCN2Cc1csc(-c2ccccc2)n1. The van der Waals surface area contributed by atoms with Crippen LogP contribution in [0.5, 0.6) is 0 Å². The lowest BCUT2D eigenvalue weighted by Crippen LogP contribution is -2.22. The largest absolute Gasteiger partial charge is 0.344 e. The summed E-state index contributed by atoms with van der Waals surface area (Å²) < 4.78 is 1.46. The molecule has 1 aliphatic heterocycles. The highest BCUT2D eigenvalue weighted by molar-refractivity contribution is 7.13. The van der Waals surface area contributed by atoms with E-state index in [4.69, 9.17) is 0 Å². The normalized spacial score (nSPS) is 13.0. The van der Waals surface area contributed by atoms with Gasteiger partial charge in [0.2, 0.25) is 0 Å². The smallest absolute Gasteiger partial charge is 0.310 e. The number of rotatable bonds is 4. The van der Waals surface area contributed by atoms with Gasteiger partial charge < -0.3 is 4.90 Å². The number of hydrogen-bond donors (Lipinski definition) is 0. The molecule has 1 aromatic carbocycles. The number of aromatic nitrogens is 2. The van der Waals surface area contributed by atoms with Gasteiger partial charge in [-0.2, -0.15) is 0 Å². The molecule has 0 spiro atoms. The lowest BCUT2D eigenvalue weighted by Gasteiger charge is -2.16. The third-order valence-electron chi connectivity index (χ3n) is 4.15. The number of nitrogens with zero attached hydrogens (tertiary/aromatic N) is 4. The average molecular weight is 354 g/mol. The molecule has 0 saturated heterocycles. The van der Waals surface area contributed by atoms with Crippen molar-refractivity contribution < 1.29 is 4.92 Å². The predicted molar refractivity (Wildman–Crippen MR) is 96.0 cm³/mol. The van der Waals surface area contributed by atoms with Crippen molar-refractivity contribution >= 4 is 22.8 Å². The molecule has 3 aromatic rings. The molecule has 1 aliphatic rings. The van der Waals surface area contributed by atoms with Crippen molar-refractivity contribution in [1.29, 1.82) is 0 Å². The van der Waals surface area contributed by atoms with E-state index < -0.39 is 4.92 Å². The van der Waals surface area contributed by atoms with Crippen LogP contribution in [0.2, 0.25) is 0 Å². The Morgan fingerprint density at radius 2 is 1.96 bits per heavy atom. The summed E-state index contributed by atoms with van der Waals surface area (Å²) in [6.45, 7) is 1.44. The van der Waals surface area contributed by atoms with Crippen LogP contribution in [-0.4, -0.2) is 21.0 Å². The fraction of sp³-hybridized carbons (Fsp3) is 0.176. The molecule has 0 aliphatic carbocycles. The van der Waals surface area contributed by atoms with Crippen LogP contribution in [0, 0.1) is 10.1 Å². The summed E-state index contributed by atoms with van der Waals surface area (Å²) in [5.41, 5.74) is 1.62. The van der Waals surface area contributed by atoms with Gasteiger partial charge in [-0.05, 0) is 0 Å². The monoisotopic (exact) mass is 354 g/mol. The van der Waals surface area contributed by atoms with Crippen LogP contribution in [0.25, 0.3) is 10.6 Å². The van der Waals surface area contributed by atoms with Crippen LogP contribution in [0.15, 0.2) is 52.6 Å². The van der Waals surface area contributed by atoms with Crippen LogP contribution < -0.4 is 10.5 Å². The van der Waals surface area contributed by atoms with E-state index in [9.17, 15) is 14.9 Å². The van der Waals surface area contributed by atoms with Gasteiger partial charge in [-0.25, -0.2) is 4.98 Å². The first-order valence-corrected chi connectivity index (χ1v) is 8.64. The Bertz CT molecular complexity index is 997. The number of fused-ring (bicyclic) bond motifs is 1. The Hall–Kier alpha value is -3.00. The van der Waals surface area contributed by atoms with Crippen LogP contribution in [0.4, 0.5) is 11.5 Å². The summed E-state index contributed by atoms with van der Waals surface area (Å²) in [6, 6.07) is 12.4. The van der Waals surface area contributed by atoms with E-state index >= 15 is 0 Å². The minimum absolute atomic E-state index is 0.0457. The zero-order valence-electron chi connectivity index (χ0n) is 13.2. The standard InChI is InChI=1S/C17H14N4O3S/c22-15-7-6-14(21(23)24)17-19(8-9-20(15)17)10-13-11-25-16(18-13)12-4-2-1-3-5-12/h1-7,11H,8-10H2. The lowest BCUT2D eigenvalue weighted by molar-refractivity contribution is -0.384. The van der Waals surface area contributed by atoms with Crippen molar-refractivity contribution in [3.8, 4) is 10.6 Å². The van der Waals surface area contributed by atoms with Crippen molar-refractivity contribution in [3.63, 3.8) is 0 Å². The van der Waals surface area contributed by atoms with Gasteiger partial charge in [0.1, 0.15) is 5.01 Å². The van der Waals surface area contributed by atoms with E-state index in [0.29, 0.717) is 25.5 Å². The van der Waals surface area contributed by atoms with Gasteiger partial charge in [-0.3, -0.25) is 19.5 Å². The number of nitro groups is 1. The second kappa shape index (κ2) is 6.14. The van der Waals surface area contributed by atoms with Crippen molar-refractivity contribution in [2.75, 3.05) is 11.4 Å². The summed E-state index contributed by atoms with van der Waals surface area (Å²) in [5, 5.41) is 14.2. The zero-order chi connectivity index (χ0) is 17.4. The van der Waals surface area contributed by atoms with Gasteiger partial charge in [0, 0.05) is 36.2 Å². The Balaban J connectivity index is 1.65. The van der Waals surface area contributed by atoms with E-state index in [1.54, 1.807) is 11.3 Å². The second-order valence-electron chi connectivity index (χ2n) is 5.72. The predicted octanol–water partition coefficient (Wildman–Crippen LogP) is 2.90. The minimum Gasteiger partial charge on any atom is -0.344 e.